The van der Waals surface area contributed by atoms with Crippen molar-refractivity contribution in [1.29, 1.82) is 0 Å². The zero-order valence-corrected chi connectivity index (χ0v) is 13.4. The first-order chi connectivity index (χ1) is 8.82. The van der Waals surface area contributed by atoms with E-state index >= 15 is 0 Å². The standard InChI is InChI=1S/C14H21BrN2O2/c1-9(2)17(4)14(18)8-19-13-6-5-11(15)7-12(13)10(3)16/h5-7,9-10H,8,16H2,1-4H3/t10-/m0/s1. The van der Waals surface area contributed by atoms with Crippen LogP contribution < -0.4 is 10.5 Å². The largest absolute Gasteiger partial charge is 0.483 e. The highest BCUT2D eigenvalue weighted by molar-refractivity contribution is 9.10. The van der Waals surface area contributed by atoms with Crippen LogP contribution in [-0.4, -0.2) is 30.5 Å². The lowest BCUT2D eigenvalue weighted by molar-refractivity contribution is -0.133. The molecule has 0 fully saturated rings. The van der Waals surface area contributed by atoms with E-state index in [1.54, 1.807) is 11.9 Å². The van der Waals surface area contributed by atoms with Crippen molar-refractivity contribution in [1.82, 2.24) is 4.90 Å². The van der Waals surface area contributed by atoms with E-state index in [0.717, 1.165) is 10.0 Å². The molecule has 1 aromatic rings. The molecule has 1 amide bonds. The number of hydrogen-bond acceptors (Lipinski definition) is 3. The molecule has 4 nitrogen and oxygen atoms in total. The van der Waals surface area contributed by atoms with Gasteiger partial charge in [-0.05, 0) is 39.0 Å². The van der Waals surface area contributed by atoms with E-state index in [4.69, 9.17) is 10.5 Å². The highest BCUT2D eigenvalue weighted by Crippen LogP contribution is 2.27. The fourth-order valence-corrected chi connectivity index (χ4v) is 1.91. The fourth-order valence-electron chi connectivity index (χ4n) is 1.54. The van der Waals surface area contributed by atoms with Crippen LogP contribution in [0.5, 0.6) is 5.75 Å². The van der Waals surface area contributed by atoms with Crippen molar-refractivity contribution in [2.24, 2.45) is 5.73 Å². The van der Waals surface area contributed by atoms with Crippen LogP contribution in [0.3, 0.4) is 0 Å². The van der Waals surface area contributed by atoms with Gasteiger partial charge in [0.2, 0.25) is 0 Å². The van der Waals surface area contributed by atoms with Gasteiger partial charge in [-0.3, -0.25) is 4.79 Å². The summed E-state index contributed by atoms with van der Waals surface area (Å²) in [6, 6.07) is 5.62. The minimum Gasteiger partial charge on any atom is -0.483 e. The first kappa shape index (κ1) is 16.0. The number of benzene rings is 1. The Bertz CT molecular complexity index is 447. The van der Waals surface area contributed by atoms with Gasteiger partial charge in [0.15, 0.2) is 6.61 Å². The van der Waals surface area contributed by atoms with Gasteiger partial charge in [-0.25, -0.2) is 0 Å². The van der Waals surface area contributed by atoms with Crippen LogP contribution in [0, 0.1) is 0 Å². The van der Waals surface area contributed by atoms with E-state index in [0.29, 0.717) is 5.75 Å². The van der Waals surface area contributed by atoms with E-state index in [2.05, 4.69) is 15.9 Å². The fraction of sp³-hybridized carbons (Fsp3) is 0.500. The monoisotopic (exact) mass is 328 g/mol. The topological polar surface area (TPSA) is 55.6 Å². The van der Waals surface area contributed by atoms with Gasteiger partial charge < -0.3 is 15.4 Å². The van der Waals surface area contributed by atoms with Crippen LogP contribution in [0.2, 0.25) is 0 Å². The van der Waals surface area contributed by atoms with Gasteiger partial charge in [0.05, 0.1) is 0 Å². The molecular formula is C14H21BrN2O2. The van der Waals surface area contributed by atoms with Crippen LogP contribution in [0.4, 0.5) is 0 Å². The number of hydrogen-bond donors (Lipinski definition) is 1. The van der Waals surface area contributed by atoms with Gasteiger partial charge in [0, 0.05) is 29.2 Å². The van der Waals surface area contributed by atoms with Crippen molar-refractivity contribution >= 4 is 21.8 Å². The average Bonchev–Trinajstić information content (AvgIpc) is 2.35. The van der Waals surface area contributed by atoms with Crippen molar-refractivity contribution in [3.63, 3.8) is 0 Å². The van der Waals surface area contributed by atoms with Crippen LogP contribution in [0.25, 0.3) is 0 Å². The van der Waals surface area contributed by atoms with Crippen molar-refractivity contribution in [2.75, 3.05) is 13.7 Å². The zero-order chi connectivity index (χ0) is 14.6. The van der Waals surface area contributed by atoms with E-state index in [9.17, 15) is 4.79 Å². The lowest BCUT2D eigenvalue weighted by Crippen LogP contribution is -2.36. The third-order valence-electron chi connectivity index (χ3n) is 2.98. The Labute approximate surface area is 123 Å². The molecule has 5 heteroatoms. The number of likely N-dealkylation sites (N-methyl/N-ethyl adjacent to an activating group) is 1. The van der Waals surface area contributed by atoms with Crippen LogP contribution in [0.1, 0.15) is 32.4 Å². The maximum absolute atomic E-state index is 11.9. The maximum Gasteiger partial charge on any atom is 0.260 e. The van der Waals surface area contributed by atoms with E-state index < -0.39 is 0 Å². The minimum absolute atomic E-state index is 0.0238. The molecule has 0 aromatic heterocycles. The number of ether oxygens (including phenoxy) is 1. The van der Waals surface area contributed by atoms with Gasteiger partial charge in [0.1, 0.15) is 5.75 Å². The van der Waals surface area contributed by atoms with Gasteiger partial charge in [-0.1, -0.05) is 15.9 Å². The Hall–Kier alpha value is -1.07. The molecule has 106 valence electrons. The number of rotatable bonds is 5. The minimum atomic E-state index is -0.148. The van der Waals surface area contributed by atoms with E-state index in [-0.39, 0.29) is 24.6 Å². The highest BCUT2D eigenvalue weighted by atomic mass is 79.9. The van der Waals surface area contributed by atoms with Gasteiger partial charge in [0.25, 0.3) is 5.91 Å². The molecule has 0 heterocycles. The summed E-state index contributed by atoms with van der Waals surface area (Å²) in [6.07, 6.45) is 0. The number of halogens is 1. The van der Waals surface area contributed by atoms with Crippen LogP contribution in [-0.2, 0) is 4.79 Å². The normalized spacial score (nSPS) is 12.4. The van der Waals surface area contributed by atoms with Crippen molar-refractivity contribution in [2.45, 2.75) is 32.9 Å². The van der Waals surface area contributed by atoms with Crippen LogP contribution in [0.15, 0.2) is 22.7 Å². The number of nitrogens with zero attached hydrogens (tertiary/aromatic N) is 1. The van der Waals surface area contributed by atoms with Crippen molar-refractivity contribution in [3.05, 3.63) is 28.2 Å². The third-order valence-corrected chi connectivity index (χ3v) is 3.47. The summed E-state index contributed by atoms with van der Waals surface area (Å²) >= 11 is 3.40. The third kappa shape index (κ3) is 4.51. The van der Waals surface area contributed by atoms with Gasteiger partial charge in [-0.15, -0.1) is 0 Å². The first-order valence-electron chi connectivity index (χ1n) is 6.26. The molecule has 2 N–H and O–H groups in total. The molecule has 19 heavy (non-hydrogen) atoms. The Morgan fingerprint density at radius 3 is 2.58 bits per heavy atom. The highest BCUT2D eigenvalue weighted by Gasteiger charge is 2.14. The zero-order valence-electron chi connectivity index (χ0n) is 11.8. The molecule has 1 atom stereocenters. The molecule has 0 radical (unpaired) electrons. The van der Waals surface area contributed by atoms with Crippen molar-refractivity contribution < 1.29 is 9.53 Å². The Balaban J connectivity index is 2.75. The summed E-state index contributed by atoms with van der Waals surface area (Å²) in [5, 5.41) is 0. The first-order valence-corrected chi connectivity index (χ1v) is 7.05. The summed E-state index contributed by atoms with van der Waals surface area (Å²) in [7, 11) is 1.77. The molecule has 0 unspecified atom stereocenters. The summed E-state index contributed by atoms with van der Waals surface area (Å²) in [5.41, 5.74) is 6.79. The lowest BCUT2D eigenvalue weighted by atomic mass is 10.1. The van der Waals surface area contributed by atoms with Gasteiger partial charge in [-0.2, -0.15) is 0 Å². The Morgan fingerprint density at radius 1 is 1.42 bits per heavy atom. The average molecular weight is 329 g/mol. The molecule has 0 bridgehead atoms. The molecular weight excluding hydrogens is 308 g/mol. The summed E-state index contributed by atoms with van der Waals surface area (Å²) in [6.45, 7) is 5.84. The SMILES string of the molecule is CC(C)N(C)C(=O)COc1ccc(Br)cc1[C@H](C)N. The molecule has 0 saturated heterocycles. The van der Waals surface area contributed by atoms with Crippen LogP contribution >= 0.6 is 15.9 Å². The quantitative estimate of drug-likeness (QED) is 0.904. The van der Waals surface area contributed by atoms with E-state index in [1.807, 2.05) is 39.0 Å². The number of nitrogens with two attached hydrogens (primary N) is 1. The summed E-state index contributed by atoms with van der Waals surface area (Å²) < 4.78 is 6.54. The van der Waals surface area contributed by atoms with Gasteiger partial charge >= 0.3 is 0 Å². The molecule has 1 rings (SSSR count). The second-order valence-electron chi connectivity index (χ2n) is 4.86. The molecule has 0 saturated carbocycles. The number of amides is 1. The predicted octanol–water partition coefficient (Wildman–Crippen LogP) is 2.71. The number of carbonyl (C=O) groups is 1. The summed E-state index contributed by atoms with van der Waals surface area (Å²) in [5.74, 6) is 0.609. The Morgan fingerprint density at radius 2 is 2.05 bits per heavy atom. The second-order valence-corrected chi connectivity index (χ2v) is 5.77. The molecule has 0 spiro atoms. The maximum atomic E-state index is 11.9. The summed E-state index contributed by atoms with van der Waals surface area (Å²) in [4.78, 5) is 13.5. The lowest BCUT2D eigenvalue weighted by Gasteiger charge is -2.22. The number of carbonyl (C=O) groups excluding carboxylic acids is 1. The predicted molar refractivity (Wildman–Crippen MR) is 80.1 cm³/mol. The second kappa shape index (κ2) is 6.91. The molecule has 0 aliphatic carbocycles. The molecule has 0 aliphatic heterocycles. The molecule has 1 aromatic carbocycles. The Kier molecular flexibility index (Phi) is 5.82. The van der Waals surface area contributed by atoms with Crippen molar-refractivity contribution in [3.8, 4) is 5.75 Å². The smallest absolute Gasteiger partial charge is 0.260 e. The molecule has 0 aliphatic rings. The van der Waals surface area contributed by atoms with E-state index in [1.165, 1.54) is 0 Å².